The number of carboxylic acids is 1. The summed E-state index contributed by atoms with van der Waals surface area (Å²) in [5, 5.41) is 20.3. The van der Waals surface area contributed by atoms with E-state index in [0.717, 1.165) is 31.2 Å². The molecule has 3 heterocycles. The summed E-state index contributed by atoms with van der Waals surface area (Å²) in [4.78, 5) is 31.0. The number of carboxylic acid groups (broad SMARTS) is 1. The Morgan fingerprint density at radius 1 is 1.19 bits per heavy atom. The van der Waals surface area contributed by atoms with Gasteiger partial charge in [0.15, 0.2) is 11.6 Å². The second-order valence-corrected chi connectivity index (χ2v) is 9.41. The predicted molar refractivity (Wildman–Crippen MR) is 138 cm³/mol. The van der Waals surface area contributed by atoms with Crippen molar-refractivity contribution in [2.24, 2.45) is 0 Å². The van der Waals surface area contributed by atoms with Gasteiger partial charge >= 0.3 is 5.97 Å². The van der Waals surface area contributed by atoms with Gasteiger partial charge in [0.1, 0.15) is 17.2 Å². The molecule has 37 heavy (non-hydrogen) atoms. The molecule has 0 radical (unpaired) electrons. The summed E-state index contributed by atoms with van der Waals surface area (Å²) in [5.41, 5.74) is 0.0462. The largest absolute Gasteiger partial charge is 0.505 e. The van der Waals surface area contributed by atoms with Crippen LogP contribution in [0.1, 0.15) is 23.2 Å². The number of aromatic hydroxyl groups is 1. The highest BCUT2D eigenvalue weighted by Crippen LogP contribution is 2.36. The summed E-state index contributed by atoms with van der Waals surface area (Å²) in [7, 11) is 0. The van der Waals surface area contributed by atoms with Crippen LogP contribution in [-0.2, 0) is 0 Å². The highest BCUT2D eigenvalue weighted by molar-refractivity contribution is 6.34. The van der Waals surface area contributed by atoms with Crippen molar-refractivity contribution in [2.75, 3.05) is 18.1 Å². The average molecular weight is 544 g/mol. The molecule has 11 heteroatoms. The molecule has 1 fully saturated rings. The first-order chi connectivity index (χ1) is 17.7. The van der Waals surface area contributed by atoms with Gasteiger partial charge < -0.3 is 24.4 Å². The van der Waals surface area contributed by atoms with Gasteiger partial charge in [-0.05, 0) is 49.2 Å². The second kappa shape index (κ2) is 9.91. The van der Waals surface area contributed by atoms with Gasteiger partial charge in [-0.15, -0.1) is 0 Å². The van der Waals surface area contributed by atoms with Crippen molar-refractivity contribution in [2.45, 2.75) is 18.9 Å². The Hall–Kier alpha value is -3.82. The van der Waals surface area contributed by atoms with E-state index in [1.807, 2.05) is 0 Å². The fourth-order valence-electron chi connectivity index (χ4n) is 4.55. The van der Waals surface area contributed by atoms with Crippen LogP contribution >= 0.6 is 23.2 Å². The van der Waals surface area contributed by atoms with Crippen LogP contribution in [0.3, 0.4) is 0 Å². The van der Waals surface area contributed by atoms with Gasteiger partial charge in [0.25, 0.3) is 0 Å². The Kier molecular flexibility index (Phi) is 6.66. The summed E-state index contributed by atoms with van der Waals surface area (Å²) < 4.78 is 21.0. The number of aromatic carboxylic acids is 1. The molecule has 190 valence electrons. The van der Waals surface area contributed by atoms with Gasteiger partial charge in [-0.2, -0.15) is 0 Å². The zero-order valence-electron chi connectivity index (χ0n) is 19.2. The van der Waals surface area contributed by atoms with Crippen LogP contribution in [0.2, 0.25) is 10.0 Å². The summed E-state index contributed by atoms with van der Waals surface area (Å²) in [6, 6.07) is 10.0. The SMILES string of the molecule is O=C(O)c1cn(-c2ccc(F)c(O)c2)c2cc(N3CCC[C@@H]3COc3ncccc3Cl)c(Cl)cc2c1=O. The Labute approximate surface area is 220 Å². The number of hydrogen-bond donors (Lipinski definition) is 2. The quantitative estimate of drug-likeness (QED) is 0.340. The number of pyridine rings is 2. The van der Waals surface area contributed by atoms with Crippen molar-refractivity contribution in [3.63, 3.8) is 0 Å². The molecule has 5 rings (SSSR count). The number of nitrogens with zero attached hydrogens (tertiary/aromatic N) is 3. The fraction of sp³-hybridized carbons (Fsp3) is 0.192. The third-order valence-electron chi connectivity index (χ3n) is 6.33. The maximum absolute atomic E-state index is 13.7. The van der Waals surface area contributed by atoms with Gasteiger partial charge in [0.2, 0.25) is 11.3 Å². The van der Waals surface area contributed by atoms with Gasteiger partial charge in [0, 0.05) is 36.1 Å². The molecule has 0 unspecified atom stereocenters. The maximum atomic E-state index is 13.7. The van der Waals surface area contributed by atoms with Crippen molar-refractivity contribution < 1.29 is 24.1 Å². The number of phenolic OH excluding ortho intramolecular Hbond substituents is 1. The molecule has 1 atom stereocenters. The molecule has 4 aromatic rings. The summed E-state index contributed by atoms with van der Waals surface area (Å²) >= 11 is 12.8. The highest BCUT2D eigenvalue weighted by atomic mass is 35.5. The first-order valence-corrected chi connectivity index (χ1v) is 12.1. The van der Waals surface area contributed by atoms with Crippen LogP contribution in [0.5, 0.6) is 11.6 Å². The van der Waals surface area contributed by atoms with Crippen LogP contribution in [0.25, 0.3) is 16.6 Å². The van der Waals surface area contributed by atoms with Crippen molar-refractivity contribution >= 4 is 45.8 Å². The first kappa shape index (κ1) is 24.9. The number of carbonyl (C=O) groups is 1. The van der Waals surface area contributed by atoms with E-state index in [2.05, 4.69) is 9.88 Å². The van der Waals surface area contributed by atoms with Crippen LogP contribution in [0.4, 0.5) is 10.1 Å². The molecule has 8 nitrogen and oxygen atoms in total. The predicted octanol–water partition coefficient (Wildman–Crippen LogP) is 5.28. The van der Waals surface area contributed by atoms with Crippen molar-refractivity contribution in [1.29, 1.82) is 0 Å². The molecular formula is C26H20Cl2FN3O5. The van der Waals surface area contributed by atoms with E-state index in [0.29, 0.717) is 35.3 Å². The zero-order chi connectivity index (χ0) is 26.3. The van der Waals surface area contributed by atoms with Crippen LogP contribution in [-0.4, -0.2) is 44.9 Å². The summed E-state index contributed by atoms with van der Waals surface area (Å²) in [6.07, 6.45) is 4.43. The Bertz CT molecular complexity index is 1590. The Morgan fingerprint density at radius 3 is 2.73 bits per heavy atom. The molecule has 1 aliphatic rings. The van der Waals surface area contributed by atoms with E-state index in [1.165, 1.54) is 16.7 Å². The number of aromatic nitrogens is 2. The number of fused-ring (bicyclic) bond motifs is 1. The lowest BCUT2D eigenvalue weighted by atomic mass is 10.1. The van der Waals surface area contributed by atoms with E-state index in [1.54, 1.807) is 24.4 Å². The molecule has 0 aliphatic carbocycles. The normalized spacial score (nSPS) is 15.3. The van der Waals surface area contributed by atoms with Crippen molar-refractivity contribution in [3.8, 4) is 17.3 Å². The van der Waals surface area contributed by atoms with Gasteiger partial charge in [-0.3, -0.25) is 4.79 Å². The number of anilines is 1. The van der Waals surface area contributed by atoms with Gasteiger partial charge in [-0.1, -0.05) is 23.2 Å². The number of rotatable bonds is 6. The van der Waals surface area contributed by atoms with E-state index in [-0.39, 0.29) is 22.1 Å². The van der Waals surface area contributed by atoms with Crippen molar-refractivity contribution in [3.05, 3.63) is 86.5 Å². The van der Waals surface area contributed by atoms with Crippen molar-refractivity contribution in [1.82, 2.24) is 9.55 Å². The second-order valence-electron chi connectivity index (χ2n) is 8.59. The smallest absolute Gasteiger partial charge is 0.341 e. The van der Waals surface area contributed by atoms with E-state index in [4.69, 9.17) is 27.9 Å². The number of benzene rings is 2. The third kappa shape index (κ3) is 4.68. The van der Waals surface area contributed by atoms with Crippen LogP contribution in [0.15, 0.2) is 59.7 Å². The minimum atomic E-state index is -1.42. The fourth-order valence-corrected chi connectivity index (χ4v) is 5.00. The lowest BCUT2D eigenvalue weighted by molar-refractivity contribution is 0.0695. The average Bonchev–Trinajstić information content (AvgIpc) is 3.33. The number of phenols is 1. The summed E-state index contributed by atoms with van der Waals surface area (Å²) in [6.45, 7) is 0.964. The molecule has 1 aliphatic heterocycles. The minimum absolute atomic E-state index is 0.0682. The maximum Gasteiger partial charge on any atom is 0.341 e. The van der Waals surface area contributed by atoms with Crippen LogP contribution in [0, 0.1) is 5.82 Å². The molecule has 2 N–H and O–H groups in total. The number of halogens is 3. The first-order valence-electron chi connectivity index (χ1n) is 11.4. The van der Waals surface area contributed by atoms with E-state index >= 15 is 0 Å². The molecular weight excluding hydrogens is 524 g/mol. The molecule has 1 saturated heterocycles. The molecule has 0 spiro atoms. The monoisotopic (exact) mass is 543 g/mol. The molecule has 2 aromatic carbocycles. The highest BCUT2D eigenvalue weighted by Gasteiger charge is 2.28. The molecule has 0 saturated carbocycles. The molecule has 0 amide bonds. The Morgan fingerprint density at radius 2 is 2.00 bits per heavy atom. The standard InChI is InChI=1S/C26H20Cl2FN3O5/c27-18-4-1-7-30-25(18)37-13-15-3-2-8-31(15)22-11-21-16(10-19(22)28)24(34)17(26(35)36)12-32(21)14-5-6-20(29)23(33)9-14/h1,4-7,9-12,15,33H,2-3,8,13H2,(H,35,36)/t15-/m1/s1. The van der Waals surface area contributed by atoms with Gasteiger partial charge in [-0.25, -0.2) is 14.2 Å². The molecule has 0 bridgehead atoms. The lowest BCUT2D eigenvalue weighted by Gasteiger charge is -2.28. The summed E-state index contributed by atoms with van der Waals surface area (Å²) in [5.74, 6) is -2.53. The Balaban J connectivity index is 1.61. The van der Waals surface area contributed by atoms with Gasteiger partial charge in [0.05, 0.1) is 22.3 Å². The number of ether oxygens (including phenoxy) is 1. The third-order valence-corrected chi connectivity index (χ3v) is 6.92. The lowest BCUT2D eigenvalue weighted by Crippen LogP contribution is -2.34. The van der Waals surface area contributed by atoms with E-state index < -0.39 is 28.5 Å². The zero-order valence-corrected chi connectivity index (χ0v) is 20.7. The molecule has 2 aromatic heterocycles. The minimum Gasteiger partial charge on any atom is -0.505 e. The van der Waals surface area contributed by atoms with Crippen LogP contribution < -0.4 is 15.1 Å². The number of hydrogen-bond acceptors (Lipinski definition) is 6. The topological polar surface area (TPSA) is 105 Å². The van der Waals surface area contributed by atoms with E-state index in [9.17, 15) is 24.2 Å².